The van der Waals surface area contributed by atoms with Gasteiger partial charge in [0.15, 0.2) is 0 Å². The molecule has 0 aliphatic heterocycles. The number of amides is 1. The van der Waals surface area contributed by atoms with Gasteiger partial charge in [-0.3, -0.25) is 4.79 Å². The number of aliphatic hydroxyl groups is 1. The maximum absolute atomic E-state index is 12.5. The van der Waals surface area contributed by atoms with Crippen molar-refractivity contribution in [3.63, 3.8) is 0 Å². The van der Waals surface area contributed by atoms with Crippen LogP contribution in [0.1, 0.15) is 24.2 Å². The van der Waals surface area contributed by atoms with Crippen LogP contribution in [-0.2, 0) is 19.6 Å². The molecule has 2 aromatic carbocycles. The highest BCUT2D eigenvalue weighted by Gasteiger charge is 2.19. The van der Waals surface area contributed by atoms with Crippen molar-refractivity contribution in [2.75, 3.05) is 25.1 Å². The summed E-state index contributed by atoms with van der Waals surface area (Å²) in [5, 5.41) is 11.6. The van der Waals surface area contributed by atoms with E-state index in [2.05, 4.69) is 10.0 Å². The van der Waals surface area contributed by atoms with E-state index >= 15 is 0 Å². The van der Waals surface area contributed by atoms with Crippen LogP contribution >= 0.6 is 0 Å². The molecule has 27 heavy (non-hydrogen) atoms. The fourth-order valence-corrected chi connectivity index (χ4v) is 3.47. The van der Waals surface area contributed by atoms with Crippen molar-refractivity contribution in [1.29, 1.82) is 0 Å². The molecule has 0 saturated heterocycles. The Morgan fingerprint density at radius 3 is 2.30 bits per heavy atom. The summed E-state index contributed by atoms with van der Waals surface area (Å²) in [5.74, 6) is -0.231. The lowest BCUT2D eigenvalue weighted by Gasteiger charge is -2.19. The quantitative estimate of drug-likeness (QED) is 0.605. The van der Waals surface area contributed by atoms with Gasteiger partial charge < -0.3 is 15.2 Å². The number of sulfonamides is 1. The normalized spacial score (nSPS) is 12.6. The van der Waals surface area contributed by atoms with Gasteiger partial charge in [-0.15, -0.1) is 0 Å². The van der Waals surface area contributed by atoms with Gasteiger partial charge in [-0.2, -0.15) is 0 Å². The molecule has 2 aromatic rings. The maximum Gasteiger partial charge on any atom is 0.240 e. The number of aryl methyl sites for hydroxylation is 1. The molecule has 8 heteroatoms. The molecule has 7 nitrogen and oxygen atoms in total. The Labute approximate surface area is 159 Å². The van der Waals surface area contributed by atoms with Crippen LogP contribution in [0.3, 0.4) is 0 Å². The summed E-state index contributed by atoms with van der Waals surface area (Å²) in [7, 11) is -3.75. The molecule has 2 rings (SSSR count). The van der Waals surface area contributed by atoms with Crippen molar-refractivity contribution < 1.29 is 23.1 Å². The van der Waals surface area contributed by atoms with Crippen LogP contribution in [0.25, 0.3) is 0 Å². The number of rotatable bonds is 9. The van der Waals surface area contributed by atoms with Crippen LogP contribution in [0, 0.1) is 6.92 Å². The van der Waals surface area contributed by atoms with Crippen LogP contribution in [-0.4, -0.2) is 39.2 Å². The Hall–Kier alpha value is -2.26. The van der Waals surface area contributed by atoms with Gasteiger partial charge in [-0.1, -0.05) is 29.8 Å². The zero-order chi connectivity index (χ0) is 19.9. The molecule has 0 aliphatic carbocycles. The van der Waals surface area contributed by atoms with Crippen molar-refractivity contribution in [3.05, 3.63) is 59.7 Å². The monoisotopic (exact) mass is 392 g/mol. The minimum atomic E-state index is -3.75. The average molecular weight is 392 g/mol. The van der Waals surface area contributed by atoms with Gasteiger partial charge in [0.25, 0.3) is 0 Å². The number of hydrogen-bond acceptors (Lipinski definition) is 5. The summed E-state index contributed by atoms with van der Waals surface area (Å²) < 4.78 is 33.2. The van der Waals surface area contributed by atoms with E-state index in [-0.39, 0.29) is 30.6 Å². The maximum atomic E-state index is 12.5. The van der Waals surface area contributed by atoms with Crippen molar-refractivity contribution in [1.82, 2.24) is 4.72 Å². The van der Waals surface area contributed by atoms with Crippen molar-refractivity contribution in [3.8, 4) is 0 Å². The number of nitrogens with one attached hydrogen (secondary N) is 2. The number of carbonyl (C=O) groups excluding carboxylic acids is 1. The third-order valence-corrected chi connectivity index (χ3v) is 5.24. The first-order chi connectivity index (χ1) is 12.8. The minimum Gasteiger partial charge on any atom is -0.394 e. The molecule has 0 spiro atoms. The first kappa shape index (κ1) is 21.0. The molecule has 0 heterocycles. The van der Waals surface area contributed by atoms with E-state index < -0.39 is 16.1 Å². The molecule has 0 aromatic heterocycles. The lowest BCUT2D eigenvalue weighted by molar-refractivity contribution is -0.114. The second-order valence-electron chi connectivity index (χ2n) is 6.05. The van der Waals surface area contributed by atoms with Crippen molar-refractivity contribution in [2.24, 2.45) is 0 Å². The van der Waals surface area contributed by atoms with E-state index in [9.17, 15) is 13.2 Å². The molecule has 0 saturated carbocycles. The second kappa shape index (κ2) is 9.61. The minimum absolute atomic E-state index is 0.0266. The lowest BCUT2D eigenvalue weighted by atomic mass is 10.1. The Kier molecular flexibility index (Phi) is 7.49. The SMILES string of the molecule is CC(=O)Nc1ccc(S(=O)(=O)NCC(OCCO)c2ccc(C)cc2)cc1. The predicted molar refractivity (Wildman–Crippen MR) is 103 cm³/mol. The third-order valence-electron chi connectivity index (χ3n) is 3.80. The summed E-state index contributed by atoms with van der Waals surface area (Å²) in [6, 6.07) is 13.5. The molecule has 146 valence electrons. The lowest BCUT2D eigenvalue weighted by Crippen LogP contribution is -2.30. The highest BCUT2D eigenvalue weighted by Crippen LogP contribution is 2.19. The van der Waals surface area contributed by atoms with Gasteiger partial charge in [-0.05, 0) is 36.8 Å². The number of carbonyl (C=O) groups is 1. The third kappa shape index (κ3) is 6.44. The molecule has 1 amide bonds. The van der Waals surface area contributed by atoms with Gasteiger partial charge in [0.2, 0.25) is 15.9 Å². The van der Waals surface area contributed by atoms with E-state index in [1.165, 1.54) is 31.2 Å². The molecule has 0 radical (unpaired) electrons. The summed E-state index contributed by atoms with van der Waals surface area (Å²) in [6.45, 7) is 3.31. The molecular formula is C19H24N2O5S. The first-order valence-electron chi connectivity index (χ1n) is 8.48. The van der Waals surface area contributed by atoms with Crippen LogP contribution < -0.4 is 10.0 Å². The fraction of sp³-hybridized carbons (Fsp3) is 0.316. The summed E-state index contributed by atoms with van der Waals surface area (Å²) >= 11 is 0. The van der Waals surface area contributed by atoms with Crippen LogP contribution in [0.5, 0.6) is 0 Å². The topological polar surface area (TPSA) is 105 Å². The largest absolute Gasteiger partial charge is 0.394 e. The summed E-state index contributed by atoms with van der Waals surface area (Å²) in [5.41, 5.74) is 2.42. The van der Waals surface area contributed by atoms with Gasteiger partial charge in [0, 0.05) is 19.2 Å². The molecule has 0 fully saturated rings. The van der Waals surface area contributed by atoms with Gasteiger partial charge in [0.05, 0.1) is 24.2 Å². The van der Waals surface area contributed by atoms with Gasteiger partial charge in [-0.25, -0.2) is 13.1 Å². The molecule has 0 aliphatic rings. The number of aliphatic hydroxyl groups excluding tert-OH is 1. The van der Waals surface area contributed by atoms with E-state index in [0.29, 0.717) is 5.69 Å². The number of benzene rings is 2. The first-order valence-corrected chi connectivity index (χ1v) is 9.96. The van der Waals surface area contributed by atoms with E-state index in [1.54, 1.807) is 0 Å². The van der Waals surface area contributed by atoms with Crippen LogP contribution in [0.4, 0.5) is 5.69 Å². The molecule has 1 unspecified atom stereocenters. The summed E-state index contributed by atoms with van der Waals surface area (Å²) in [6.07, 6.45) is -0.522. The van der Waals surface area contributed by atoms with E-state index in [1.807, 2.05) is 31.2 Å². The molecular weight excluding hydrogens is 368 g/mol. The highest BCUT2D eigenvalue weighted by molar-refractivity contribution is 7.89. The second-order valence-corrected chi connectivity index (χ2v) is 7.82. The Balaban J connectivity index is 2.09. The zero-order valence-electron chi connectivity index (χ0n) is 15.3. The zero-order valence-corrected chi connectivity index (χ0v) is 16.1. The Morgan fingerprint density at radius 2 is 1.74 bits per heavy atom. The van der Waals surface area contributed by atoms with Crippen molar-refractivity contribution in [2.45, 2.75) is 24.8 Å². The van der Waals surface area contributed by atoms with Crippen LogP contribution in [0.15, 0.2) is 53.4 Å². The predicted octanol–water partition coefficient (Wildman–Crippen LogP) is 1.98. The van der Waals surface area contributed by atoms with Gasteiger partial charge >= 0.3 is 0 Å². The molecule has 1 atom stereocenters. The average Bonchev–Trinajstić information content (AvgIpc) is 2.63. The van der Waals surface area contributed by atoms with E-state index in [4.69, 9.17) is 9.84 Å². The number of ether oxygens (including phenoxy) is 1. The number of anilines is 1. The fourth-order valence-electron chi connectivity index (χ4n) is 2.44. The summed E-state index contributed by atoms with van der Waals surface area (Å²) in [4.78, 5) is 11.1. The van der Waals surface area contributed by atoms with Crippen molar-refractivity contribution >= 4 is 21.6 Å². The van der Waals surface area contributed by atoms with Crippen LogP contribution in [0.2, 0.25) is 0 Å². The Morgan fingerprint density at radius 1 is 1.11 bits per heavy atom. The standard InChI is InChI=1S/C19H24N2O5S/c1-14-3-5-16(6-4-14)19(26-12-11-22)13-20-27(24,25)18-9-7-17(8-10-18)21-15(2)23/h3-10,19-20,22H,11-13H2,1-2H3,(H,21,23). The molecule has 3 N–H and O–H groups in total. The molecule has 0 bridgehead atoms. The van der Waals surface area contributed by atoms with E-state index in [0.717, 1.165) is 11.1 Å². The Bertz CT molecular complexity index is 849. The van der Waals surface area contributed by atoms with Gasteiger partial charge in [0.1, 0.15) is 0 Å². The highest BCUT2D eigenvalue weighted by atomic mass is 32.2. The number of hydrogen-bond donors (Lipinski definition) is 3. The smallest absolute Gasteiger partial charge is 0.240 e.